The van der Waals surface area contributed by atoms with Crippen molar-refractivity contribution in [3.63, 3.8) is 0 Å². The number of aromatic nitrogens is 1. The SMILES string of the molecule is CC1(C)c2ccccc2-c2ccc(-c3ccc(-n4c5ccccc5c5c6c(ccc54)-c4ccccc4P6(=O)c4ccccc4)cc3)cc21. The maximum absolute atomic E-state index is 15.7. The second kappa shape index (κ2) is 9.80. The predicted octanol–water partition coefficient (Wildman–Crippen LogP) is 10.4. The van der Waals surface area contributed by atoms with E-state index in [1.807, 2.05) is 36.4 Å². The van der Waals surface area contributed by atoms with Crippen molar-refractivity contribution in [2.24, 2.45) is 0 Å². The second-order valence-corrected chi connectivity index (χ2v) is 16.3. The summed E-state index contributed by atoms with van der Waals surface area (Å²) in [5, 5.41) is 4.97. The van der Waals surface area contributed by atoms with E-state index in [-0.39, 0.29) is 5.41 Å². The first-order chi connectivity index (χ1) is 23.5. The summed E-state index contributed by atoms with van der Waals surface area (Å²) in [4.78, 5) is 0. The van der Waals surface area contributed by atoms with Gasteiger partial charge in [-0.1, -0.05) is 141 Å². The summed E-state index contributed by atoms with van der Waals surface area (Å²) in [6.45, 7) is 4.66. The highest BCUT2D eigenvalue weighted by atomic mass is 31.2. The van der Waals surface area contributed by atoms with Gasteiger partial charge in [0.15, 0.2) is 7.14 Å². The Morgan fingerprint density at radius 3 is 2.00 bits per heavy atom. The lowest BCUT2D eigenvalue weighted by Gasteiger charge is -2.22. The van der Waals surface area contributed by atoms with Crippen LogP contribution in [-0.2, 0) is 9.98 Å². The lowest BCUT2D eigenvalue weighted by atomic mass is 9.81. The molecule has 7 aromatic carbocycles. The summed E-state index contributed by atoms with van der Waals surface area (Å²) in [6, 6.07) is 56.0. The number of benzene rings is 7. The van der Waals surface area contributed by atoms with Crippen molar-refractivity contribution in [2.75, 3.05) is 0 Å². The molecule has 228 valence electrons. The molecule has 1 atom stereocenters. The fourth-order valence-corrected chi connectivity index (χ4v) is 11.8. The van der Waals surface area contributed by atoms with E-state index in [1.165, 1.54) is 33.4 Å². The Morgan fingerprint density at radius 2 is 1.17 bits per heavy atom. The third kappa shape index (κ3) is 3.56. The van der Waals surface area contributed by atoms with Crippen molar-refractivity contribution >= 4 is 44.9 Å². The lowest BCUT2D eigenvalue weighted by Crippen LogP contribution is -2.21. The third-order valence-corrected chi connectivity index (χ3v) is 14.0. The molecule has 0 radical (unpaired) electrons. The van der Waals surface area contributed by atoms with Crippen LogP contribution in [0.4, 0.5) is 0 Å². The molecule has 48 heavy (non-hydrogen) atoms. The minimum absolute atomic E-state index is 0.0377. The van der Waals surface area contributed by atoms with Crippen LogP contribution in [-0.4, -0.2) is 4.57 Å². The van der Waals surface area contributed by atoms with E-state index in [0.29, 0.717) is 0 Å². The number of hydrogen-bond acceptors (Lipinski definition) is 1. The molecule has 1 aliphatic heterocycles. The fraction of sp³-hybridized carbons (Fsp3) is 0.0667. The van der Waals surface area contributed by atoms with Gasteiger partial charge in [0.05, 0.1) is 11.0 Å². The average molecular weight is 634 g/mol. The molecule has 2 aliphatic rings. The fourth-order valence-electron chi connectivity index (χ4n) is 8.55. The molecule has 0 spiro atoms. The van der Waals surface area contributed by atoms with Gasteiger partial charge in [-0.15, -0.1) is 0 Å². The Bertz CT molecular complexity index is 2660. The van der Waals surface area contributed by atoms with E-state index < -0.39 is 7.14 Å². The Kier molecular flexibility index (Phi) is 5.65. The molecule has 1 aromatic heterocycles. The first-order valence-corrected chi connectivity index (χ1v) is 18.3. The van der Waals surface area contributed by atoms with Gasteiger partial charge in [-0.05, 0) is 74.8 Å². The number of para-hydroxylation sites is 1. The minimum atomic E-state index is -3.13. The van der Waals surface area contributed by atoms with Crippen LogP contribution in [0.2, 0.25) is 0 Å². The summed E-state index contributed by atoms with van der Waals surface area (Å²) in [7, 11) is -3.13. The summed E-state index contributed by atoms with van der Waals surface area (Å²) < 4.78 is 18.0. The summed E-state index contributed by atoms with van der Waals surface area (Å²) in [5.41, 5.74) is 13.3. The Morgan fingerprint density at radius 1 is 0.521 bits per heavy atom. The normalized spacial score (nSPS) is 16.9. The summed E-state index contributed by atoms with van der Waals surface area (Å²) >= 11 is 0. The van der Waals surface area contributed by atoms with E-state index in [0.717, 1.165) is 54.5 Å². The number of fused-ring (bicyclic) bond motifs is 10. The molecule has 0 N–H and O–H groups in total. The zero-order valence-electron chi connectivity index (χ0n) is 26.8. The van der Waals surface area contributed by atoms with Crippen LogP contribution in [0.1, 0.15) is 25.0 Å². The smallest absolute Gasteiger partial charge is 0.172 e. The third-order valence-electron chi connectivity index (χ3n) is 10.8. The molecule has 0 saturated heterocycles. The van der Waals surface area contributed by atoms with E-state index in [2.05, 4.69) is 140 Å². The Hall–Kier alpha value is -5.43. The molecule has 0 saturated carbocycles. The number of nitrogens with zero attached hydrogens (tertiary/aromatic N) is 1. The summed E-state index contributed by atoms with van der Waals surface area (Å²) in [5.74, 6) is 0. The van der Waals surface area contributed by atoms with Gasteiger partial charge < -0.3 is 9.13 Å². The molecule has 1 aliphatic carbocycles. The standard InChI is InChI=1S/C45H32NOP/c1-45(2)38-17-9-6-14-33(38)34-25-22-30(28-39(34)45)29-20-23-31(24-21-29)46-40-18-10-7-16-37(40)43-41(46)27-26-36-35-15-8-11-19-42(35)48(47,44(36)43)32-12-4-3-5-13-32/h3-28H,1-2H3. The van der Waals surface area contributed by atoms with Crippen LogP contribution in [0.3, 0.4) is 0 Å². The van der Waals surface area contributed by atoms with Crippen molar-refractivity contribution in [3.05, 3.63) is 169 Å². The summed E-state index contributed by atoms with van der Waals surface area (Å²) in [6.07, 6.45) is 0. The van der Waals surface area contributed by atoms with Gasteiger partial charge in [-0.3, -0.25) is 0 Å². The molecule has 2 nitrogen and oxygen atoms in total. The molecule has 1 unspecified atom stereocenters. The van der Waals surface area contributed by atoms with Crippen LogP contribution >= 0.6 is 7.14 Å². The second-order valence-electron chi connectivity index (χ2n) is 13.6. The maximum atomic E-state index is 15.7. The van der Waals surface area contributed by atoms with E-state index >= 15 is 4.57 Å². The van der Waals surface area contributed by atoms with Crippen molar-refractivity contribution in [3.8, 4) is 39.1 Å². The largest absolute Gasteiger partial charge is 0.309 e. The quantitative estimate of drug-likeness (QED) is 0.178. The van der Waals surface area contributed by atoms with Crippen LogP contribution in [0.25, 0.3) is 60.9 Å². The number of hydrogen-bond donors (Lipinski definition) is 0. The highest BCUT2D eigenvalue weighted by Crippen LogP contribution is 2.55. The van der Waals surface area contributed by atoms with Gasteiger partial charge in [0.1, 0.15) is 0 Å². The Labute approximate surface area is 280 Å². The van der Waals surface area contributed by atoms with Crippen molar-refractivity contribution in [1.29, 1.82) is 0 Å². The maximum Gasteiger partial charge on any atom is 0.172 e. The topological polar surface area (TPSA) is 22.0 Å². The van der Waals surface area contributed by atoms with Gasteiger partial charge in [0.25, 0.3) is 0 Å². The first-order valence-electron chi connectivity index (χ1n) is 16.6. The van der Waals surface area contributed by atoms with E-state index in [4.69, 9.17) is 0 Å². The van der Waals surface area contributed by atoms with Gasteiger partial charge in [0.2, 0.25) is 0 Å². The highest BCUT2D eigenvalue weighted by molar-refractivity contribution is 7.86. The van der Waals surface area contributed by atoms with Gasteiger partial charge in [0, 0.05) is 37.8 Å². The van der Waals surface area contributed by atoms with Crippen molar-refractivity contribution in [2.45, 2.75) is 19.3 Å². The number of rotatable bonds is 3. The molecule has 0 fully saturated rings. The zero-order valence-corrected chi connectivity index (χ0v) is 27.7. The Balaban J connectivity index is 1.15. The van der Waals surface area contributed by atoms with Crippen LogP contribution < -0.4 is 15.9 Å². The molecular weight excluding hydrogens is 601 g/mol. The monoisotopic (exact) mass is 633 g/mol. The lowest BCUT2D eigenvalue weighted by molar-refractivity contribution is 0.593. The van der Waals surface area contributed by atoms with Crippen LogP contribution in [0.15, 0.2) is 158 Å². The average Bonchev–Trinajstić information content (AvgIpc) is 3.70. The van der Waals surface area contributed by atoms with Gasteiger partial charge in [-0.2, -0.15) is 0 Å². The molecule has 0 amide bonds. The minimum Gasteiger partial charge on any atom is -0.309 e. The highest BCUT2D eigenvalue weighted by Gasteiger charge is 2.42. The zero-order chi connectivity index (χ0) is 32.2. The molecule has 10 rings (SSSR count). The molecule has 2 heterocycles. The molecule has 8 aromatic rings. The van der Waals surface area contributed by atoms with Crippen molar-refractivity contribution in [1.82, 2.24) is 4.57 Å². The van der Waals surface area contributed by atoms with Gasteiger partial charge >= 0.3 is 0 Å². The molecule has 0 bridgehead atoms. The first kappa shape index (κ1) is 27.7. The van der Waals surface area contributed by atoms with Crippen LogP contribution in [0, 0.1) is 0 Å². The predicted molar refractivity (Wildman–Crippen MR) is 202 cm³/mol. The van der Waals surface area contributed by atoms with Crippen molar-refractivity contribution < 1.29 is 4.57 Å². The van der Waals surface area contributed by atoms with Crippen LogP contribution in [0.5, 0.6) is 0 Å². The van der Waals surface area contributed by atoms with Gasteiger partial charge in [-0.25, -0.2) is 0 Å². The van der Waals surface area contributed by atoms with E-state index in [1.54, 1.807) is 0 Å². The molecule has 3 heteroatoms. The molecular formula is C45H32NOP. The van der Waals surface area contributed by atoms with E-state index in [9.17, 15) is 0 Å².